The molecule has 4 atom stereocenters. The van der Waals surface area contributed by atoms with E-state index in [0.717, 1.165) is 24.9 Å². The van der Waals surface area contributed by atoms with Crippen molar-refractivity contribution in [3.8, 4) is 0 Å². The molecule has 2 aliphatic heterocycles. The normalized spacial score (nSPS) is 21.6. The van der Waals surface area contributed by atoms with Crippen LogP contribution < -0.4 is 16.0 Å². The molecule has 0 spiro atoms. The Morgan fingerprint density at radius 2 is 1.88 bits per heavy atom. The molecule has 34 heavy (non-hydrogen) atoms. The van der Waals surface area contributed by atoms with Gasteiger partial charge in [-0.25, -0.2) is 4.79 Å². The molecule has 2 heterocycles. The Morgan fingerprint density at radius 1 is 1.12 bits per heavy atom. The van der Waals surface area contributed by atoms with Crippen LogP contribution >= 0.6 is 11.8 Å². The fraction of sp³-hybridized carbons (Fsp3) is 0.583. The molecule has 3 rings (SSSR count). The van der Waals surface area contributed by atoms with Crippen LogP contribution in [-0.2, 0) is 25.6 Å². The van der Waals surface area contributed by atoms with Crippen LogP contribution in [0.4, 0.5) is 0 Å². The molecular weight excluding hydrogens is 456 g/mol. The van der Waals surface area contributed by atoms with Crippen molar-refractivity contribution in [1.29, 1.82) is 0 Å². The second-order valence-electron chi connectivity index (χ2n) is 8.77. The minimum absolute atomic E-state index is 0.213. The number of carbonyl (C=O) groups is 4. The van der Waals surface area contributed by atoms with Gasteiger partial charge in [-0.15, -0.1) is 0 Å². The topological polar surface area (TPSA) is 128 Å². The fourth-order valence-corrected chi connectivity index (χ4v) is 4.97. The van der Waals surface area contributed by atoms with Crippen molar-refractivity contribution in [2.75, 3.05) is 25.1 Å². The van der Waals surface area contributed by atoms with E-state index >= 15 is 0 Å². The van der Waals surface area contributed by atoms with Crippen molar-refractivity contribution in [1.82, 2.24) is 20.9 Å². The molecule has 186 valence electrons. The van der Waals surface area contributed by atoms with Crippen LogP contribution in [0.5, 0.6) is 0 Å². The summed E-state index contributed by atoms with van der Waals surface area (Å²) in [6, 6.07) is 6.40. The van der Waals surface area contributed by atoms with Crippen molar-refractivity contribution in [3.05, 3.63) is 35.9 Å². The Kier molecular flexibility index (Phi) is 9.76. The molecule has 2 aliphatic rings. The zero-order valence-corrected chi connectivity index (χ0v) is 20.3. The number of nitrogens with zero attached hydrogens (tertiary/aromatic N) is 1. The van der Waals surface area contributed by atoms with Gasteiger partial charge in [-0.05, 0) is 56.2 Å². The van der Waals surface area contributed by atoms with Crippen LogP contribution in [0, 0.1) is 0 Å². The second kappa shape index (κ2) is 12.8. The van der Waals surface area contributed by atoms with Gasteiger partial charge in [0.15, 0.2) is 0 Å². The first kappa shape index (κ1) is 26.0. The highest BCUT2D eigenvalue weighted by atomic mass is 32.2. The van der Waals surface area contributed by atoms with E-state index < -0.39 is 35.9 Å². The smallest absolute Gasteiger partial charge is 0.326 e. The van der Waals surface area contributed by atoms with Crippen LogP contribution in [-0.4, -0.2) is 83.0 Å². The van der Waals surface area contributed by atoms with Crippen LogP contribution in [0.15, 0.2) is 30.3 Å². The molecular formula is C24H34N4O5S. The highest BCUT2D eigenvalue weighted by Crippen LogP contribution is 2.20. The van der Waals surface area contributed by atoms with Gasteiger partial charge in [-0.3, -0.25) is 14.4 Å². The largest absolute Gasteiger partial charge is 0.480 e. The number of rotatable bonds is 11. The summed E-state index contributed by atoms with van der Waals surface area (Å²) in [4.78, 5) is 52.4. The number of benzene rings is 1. The summed E-state index contributed by atoms with van der Waals surface area (Å²) in [5.41, 5.74) is 0.854. The predicted molar refractivity (Wildman–Crippen MR) is 130 cm³/mol. The number of carboxylic acid groups (broad SMARTS) is 1. The van der Waals surface area contributed by atoms with Gasteiger partial charge in [0.2, 0.25) is 17.7 Å². The van der Waals surface area contributed by atoms with E-state index in [1.165, 1.54) is 4.90 Å². The summed E-state index contributed by atoms with van der Waals surface area (Å²) in [6.45, 7) is 1.12. The minimum Gasteiger partial charge on any atom is -0.480 e. The number of amides is 3. The summed E-state index contributed by atoms with van der Waals surface area (Å²) in [5.74, 6) is -1.42. The van der Waals surface area contributed by atoms with E-state index in [0.29, 0.717) is 31.6 Å². The molecule has 0 radical (unpaired) electrons. The average molecular weight is 491 g/mol. The lowest BCUT2D eigenvalue weighted by molar-refractivity contribution is -0.149. The highest BCUT2D eigenvalue weighted by molar-refractivity contribution is 7.98. The second-order valence-corrected chi connectivity index (χ2v) is 9.76. The van der Waals surface area contributed by atoms with Gasteiger partial charge in [-0.2, -0.15) is 11.8 Å². The van der Waals surface area contributed by atoms with E-state index in [2.05, 4.69) is 16.0 Å². The number of carboxylic acids is 1. The Labute approximate surface area is 204 Å². The molecule has 0 aromatic heterocycles. The van der Waals surface area contributed by atoms with Gasteiger partial charge < -0.3 is 26.0 Å². The molecule has 0 aliphatic carbocycles. The first-order valence-corrected chi connectivity index (χ1v) is 13.2. The molecule has 4 unspecified atom stereocenters. The third-order valence-corrected chi connectivity index (χ3v) is 6.98. The van der Waals surface area contributed by atoms with Crippen molar-refractivity contribution >= 4 is 35.5 Å². The van der Waals surface area contributed by atoms with Crippen LogP contribution in [0.1, 0.15) is 37.7 Å². The predicted octanol–water partition coefficient (Wildman–Crippen LogP) is 0.779. The zero-order chi connectivity index (χ0) is 24.5. The van der Waals surface area contributed by atoms with Crippen molar-refractivity contribution in [2.45, 2.75) is 62.7 Å². The Balaban J connectivity index is 1.76. The van der Waals surface area contributed by atoms with E-state index in [9.17, 15) is 24.3 Å². The molecule has 10 heteroatoms. The zero-order valence-electron chi connectivity index (χ0n) is 19.5. The molecule has 1 aromatic carbocycles. The molecule has 9 nitrogen and oxygen atoms in total. The van der Waals surface area contributed by atoms with Crippen LogP contribution in [0.25, 0.3) is 0 Å². The first-order chi connectivity index (χ1) is 16.4. The summed E-state index contributed by atoms with van der Waals surface area (Å²) < 4.78 is 0. The number of nitrogens with one attached hydrogen (secondary N) is 3. The maximum atomic E-state index is 13.4. The molecule has 3 amide bonds. The van der Waals surface area contributed by atoms with Gasteiger partial charge in [0, 0.05) is 13.0 Å². The fourth-order valence-electron chi connectivity index (χ4n) is 4.49. The van der Waals surface area contributed by atoms with Gasteiger partial charge in [0.1, 0.15) is 18.1 Å². The summed E-state index contributed by atoms with van der Waals surface area (Å²) >= 11 is 1.57. The summed E-state index contributed by atoms with van der Waals surface area (Å²) in [5, 5.41) is 18.4. The summed E-state index contributed by atoms with van der Waals surface area (Å²) in [6.07, 6.45) is 5.23. The Hall–Kier alpha value is -2.59. The lowest BCUT2D eigenvalue weighted by Crippen LogP contribution is -2.57. The van der Waals surface area contributed by atoms with Gasteiger partial charge in [0.05, 0.1) is 6.04 Å². The molecule has 0 saturated carbocycles. The van der Waals surface area contributed by atoms with E-state index in [1.54, 1.807) is 11.8 Å². The number of aliphatic carboxylic acids is 1. The third-order valence-electron chi connectivity index (χ3n) is 6.34. The standard InChI is InChI=1S/C24H34N4O5S/c1-34-14-11-18(26-21(29)17-9-5-12-25-17)22(30)27-19(15-16-7-3-2-4-8-16)23(31)28-13-6-10-20(28)24(32)33/h2-4,7-8,17-20,25H,5-6,9-15H2,1H3,(H,26,29)(H,27,30)(H,32,33). The maximum Gasteiger partial charge on any atom is 0.326 e. The minimum atomic E-state index is -1.04. The average Bonchev–Trinajstić information content (AvgIpc) is 3.54. The van der Waals surface area contributed by atoms with Crippen LogP contribution in [0.2, 0.25) is 0 Å². The monoisotopic (exact) mass is 490 g/mol. The lowest BCUT2D eigenvalue weighted by Gasteiger charge is -2.29. The first-order valence-electron chi connectivity index (χ1n) is 11.8. The number of hydrogen-bond donors (Lipinski definition) is 4. The molecule has 2 fully saturated rings. The number of likely N-dealkylation sites (tertiary alicyclic amines) is 1. The van der Waals surface area contributed by atoms with E-state index in [-0.39, 0.29) is 18.4 Å². The Bertz CT molecular complexity index is 862. The van der Waals surface area contributed by atoms with E-state index in [1.807, 2.05) is 36.6 Å². The highest BCUT2D eigenvalue weighted by Gasteiger charge is 2.38. The number of carbonyl (C=O) groups excluding carboxylic acids is 3. The lowest BCUT2D eigenvalue weighted by atomic mass is 10.0. The quantitative estimate of drug-likeness (QED) is 0.361. The molecule has 4 N–H and O–H groups in total. The number of hydrogen-bond acceptors (Lipinski definition) is 6. The maximum absolute atomic E-state index is 13.4. The molecule has 0 bridgehead atoms. The van der Waals surface area contributed by atoms with Gasteiger partial charge in [0.25, 0.3) is 0 Å². The Morgan fingerprint density at radius 3 is 2.53 bits per heavy atom. The third kappa shape index (κ3) is 6.96. The van der Waals surface area contributed by atoms with Crippen LogP contribution in [0.3, 0.4) is 0 Å². The summed E-state index contributed by atoms with van der Waals surface area (Å²) in [7, 11) is 0. The number of thioether (sulfide) groups is 1. The SMILES string of the molecule is CSCCC(NC(=O)C1CCCN1)C(=O)NC(Cc1ccccc1)C(=O)N1CCCC1C(=O)O. The van der Waals surface area contributed by atoms with Gasteiger partial charge >= 0.3 is 5.97 Å². The van der Waals surface area contributed by atoms with Crippen molar-refractivity contribution < 1.29 is 24.3 Å². The van der Waals surface area contributed by atoms with Gasteiger partial charge in [-0.1, -0.05) is 30.3 Å². The molecule has 2 saturated heterocycles. The van der Waals surface area contributed by atoms with E-state index in [4.69, 9.17) is 0 Å². The van der Waals surface area contributed by atoms with Crippen molar-refractivity contribution in [2.24, 2.45) is 0 Å². The molecule has 1 aromatic rings. The van der Waals surface area contributed by atoms with Crippen molar-refractivity contribution in [3.63, 3.8) is 0 Å².